The number of rotatable bonds is 11. The monoisotopic (exact) mass is 591 g/mol. The minimum Gasteiger partial charge on any atom is -0.483 e. The van der Waals surface area contributed by atoms with E-state index in [9.17, 15) is 14.0 Å². The Kier molecular flexibility index (Phi) is 10.8. The molecule has 4 rings (SSSR count). The van der Waals surface area contributed by atoms with Gasteiger partial charge in [-0.25, -0.2) is 4.39 Å². The molecule has 7 nitrogen and oxygen atoms in total. The number of benzene rings is 2. The zero-order valence-corrected chi connectivity index (χ0v) is 25.7. The minimum atomic E-state index is -0.381. The number of aromatic nitrogens is 1. The van der Waals surface area contributed by atoms with E-state index >= 15 is 0 Å². The molecule has 1 aliphatic rings. The van der Waals surface area contributed by atoms with E-state index in [1.165, 1.54) is 23.9 Å². The number of hydrogen-bond acceptors (Lipinski definition) is 6. The van der Waals surface area contributed by atoms with Crippen LogP contribution in [0.5, 0.6) is 5.75 Å². The van der Waals surface area contributed by atoms with Crippen LogP contribution in [-0.4, -0.2) is 53.8 Å². The van der Waals surface area contributed by atoms with Gasteiger partial charge in [0.05, 0.1) is 18.2 Å². The number of allylic oxidation sites excluding steroid dienone is 2. The van der Waals surface area contributed by atoms with Crippen molar-refractivity contribution in [1.29, 1.82) is 0 Å². The third-order valence-electron chi connectivity index (χ3n) is 7.24. The van der Waals surface area contributed by atoms with Gasteiger partial charge >= 0.3 is 0 Å². The Morgan fingerprint density at radius 3 is 2.57 bits per heavy atom. The van der Waals surface area contributed by atoms with Crippen molar-refractivity contribution in [3.63, 3.8) is 0 Å². The molecule has 0 unspecified atom stereocenters. The third kappa shape index (κ3) is 7.02. The van der Waals surface area contributed by atoms with Gasteiger partial charge in [0.1, 0.15) is 17.5 Å². The van der Waals surface area contributed by atoms with Crippen LogP contribution < -0.4 is 10.2 Å². The number of likely N-dealkylation sites (N-methyl/N-ethyl adjacent to an activating group) is 1. The highest BCUT2D eigenvalue weighted by Gasteiger charge is 2.36. The Morgan fingerprint density at radius 1 is 1.17 bits per heavy atom. The summed E-state index contributed by atoms with van der Waals surface area (Å²) in [5.74, 6) is -0.514. The lowest BCUT2D eigenvalue weighted by atomic mass is 10.1. The van der Waals surface area contributed by atoms with Gasteiger partial charge in [0.2, 0.25) is 5.43 Å². The number of amides is 1. The van der Waals surface area contributed by atoms with Crippen molar-refractivity contribution in [3.8, 4) is 5.75 Å². The number of aryl methyl sites for hydroxylation is 1. The number of methoxy groups -OCH3 is 1. The predicted octanol–water partition coefficient (Wildman–Crippen LogP) is 6.01. The summed E-state index contributed by atoms with van der Waals surface area (Å²) < 4.78 is 27.1. The van der Waals surface area contributed by atoms with Gasteiger partial charge in [0.25, 0.3) is 5.91 Å². The summed E-state index contributed by atoms with van der Waals surface area (Å²) >= 11 is 1.41. The molecule has 3 aromatic rings. The topological polar surface area (TPSA) is 73.1 Å². The summed E-state index contributed by atoms with van der Waals surface area (Å²) in [7, 11) is 3.27. The molecule has 2 heterocycles. The van der Waals surface area contributed by atoms with Gasteiger partial charge in [0.15, 0.2) is 11.4 Å². The fourth-order valence-corrected chi connectivity index (χ4v) is 6.22. The van der Waals surface area contributed by atoms with Gasteiger partial charge < -0.3 is 18.9 Å². The standard InChI is InChI=1S/C33H38FN3O4S/c1-6-11-27(17-24-14-15-25(34)16-22(24)3)42-32(35-4)28-19-36-18-26(21-40-5)37(7-2)33(39)29(36)31(30(28)38)41-20-23-12-9-8-10-13-23/h8-16,19,26H,6-7,17-18,20-21H2,1-5H3/b27-11+,35-32?/t26-/m0/s1. The fourth-order valence-electron chi connectivity index (χ4n) is 5.15. The van der Waals surface area contributed by atoms with E-state index < -0.39 is 0 Å². The molecule has 0 N–H and O–H groups in total. The Bertz CT molecular complexity index is 1530. The van der Waals surface area contributed by atoms with E-state index in [1.54, 1.807) is 31.3 Å². The molecule has 0 radical (unpaired) electrons. The predicted molar refractivity (Wildman–Crippen MR) is 167 cm³/mol. The molecule has 42 heavy (non-hydrogen) atoms. The molecule has 0 aliphatic carbocycles. The molecule has 0 bridgehead atoms. The normalized spacial score (nSPS) is 15.6. The number of halogens is 1. The minimum absolute atomic E-state index is 0.0211. The first kappa shape index (κ1) is 31.3. The molecular formula is C33H38FN3O4S. The highest BCUT2D eigenvalue weighted by atomic mass is 32.2. The number of nitrogens with zero attached hydrogens (tertiary/aromatic N) is 3. The maximum absolute atomic E-state index is 14.1. The van der Waals surface area contributed by atoms with Crippen LogP contribution >= 0.6 is 11.8 Å². The summed E-state index contributed by atoms with van der Waals surface area (Å²) in [6.45, 7) is 7.29. The first-order valence-electron chi connectivity index (χ1n) is 14.1. The number of fused-ring (bicyclic) bond motifs is 1. The van der Waals surface area contributed by atoms with E-state index in [2.05, 4.69) is 11.1 Å². The molecule has 1 atom stereocenters. The molecular weight excluding hydrogens is 553 g/mol. The maximum atomic E-state index is 14.1. The Labute approximate surface area is 251 Å². The SMILES string of the molecule is CC/C=C(\Cc1ccc(F)cc1C)SC(=NC)c1cn2c(c(OCc3ccccc3)c1=O)C(=O)N(CC)[C@H](COC)C2. The van der Waals surface area contributed by atoms with Crippen LogP contribution in [0.2, 0.25) is 0 Å². The molecule has 9 heteroatoms. The summed E-state index contributed by atoms with van der Waals surface area (Å²) in [5.41, 5.74) is 2.97. The smallest absolute Gasteiger partial charge is 0.274 e. The average Bonchev–Trinajstić information content (AvgIpc) is 2.98. The van der Waals surface area contributed by atoms with Crippen molar-refractivity contribution in [1.82, 2.24) is 9.47 Å². The number of pyridine rings is 1. The molecule has 1 aromatic heterocycles. The molecule has 222 valence electrons. The number of carbonyl (C=O) groups excluding carboxylic acids is 1. The number of carbonyl (C=O) groups is 1. The first-order chi connectivity index (χ1) is 20.3. The molecule has 1 amide bonds. The van der Waals surface area contributed by atoms with Gasteiger partial charge in [-0.3, -0.25) is 14.6 Å². The highest BCUT2D eigenvalue weighted by Crippen LogP contribution is 2.30. The number of thioether (sulfide) groups is 1. The van der Waals surface area contributed by atoms with E-state index in [4.69, 9.17) is 9.47 Å². The molecule has 0 saturated heterocycles. The van der Waals surface area contributed by atoms with Gasteiger partial charge in [-0.05, 0) is 54.0 Å². The van der Waals surface area contributed by atoms with Gasteiger partial charge in [-0.15, -0.1) is 0 Å². The van der Waals surface area contributed by atoms with Crippen molar-refractivity contribution in [3.05, 3.63) is 110 Å². The highest BCUT2D eigenvalue weighted by molar-refractivity contribution is 8.17. The van der Waals surface area contributed by atoms with Gasteiger partial charge in [0, 0.05) is 39.9 Å². The van der Waals surface area contributed by atoms with Crippen molar-refractivity contribution in [2.45, 2.75) is 52.8 Å². The lowest BCUT2D eigenvalue weighted by Gasteiger charge is -2.37. The summed E-state index contributed by atoms with van der Waals surface area (Å²) in [4.78, 5) is 35.1. The number of aliphatic imine (C=N–C) groups is 1. The second kappa shape index (κ2) is 14.5. The van der Waals surface area contributed by atoms with E-state index in [-0.39, 0.29) is 41.2 Å². The second-order valence-corrected chi connectivity index (χ2v) is 11.2. The zero-order chi connectivity index (χ0) is 30.2. The van der Waals surface area contributed by atoms with E-state index in [0.29, 0.717) is 36.7 Å². The summed E-state index contributed by atoms with van der Waals surface area (Å²) in [6, 6.07) is 14.1. The van der Waals surface area contributed by atoms with Crippen molar-refractivity contribution < 1.29 is 18.7 Å². The molecule has 1 aliphatic heterocycles. The van der Waals surface area contributed by atoms with Gasteiger partial charge in [-0.2, -0.15) is 0 Å². The maximum Gasteiger partial charge on any atom is 0.274 e. The van der Waals surface area contributed by atoms with Crippen LogP contribution in [-0.2, 0) is 24.3 Å². The second-order valence-electron chi connectivity index (χ2n) is 10.1. The van der Waals surface area contributed by atoms with Crippen LogP contribution in [0.1, 0.15) is 53.0 Å². The molecule has 2 aromatic carbocycles. The Morgan fingerprint density at radius 2 is 1.93 bits per heavy atom. The Hall–Kier alpha value is -3.69. The largest absolute Gasteiger partial charge is 0.483 e. The van der Waals surface area contributed by atoms with E-state index in [1.807, 2.05) is 55.7 Å². The molecule has 0 saturated carbocycles. The van der Waals surface area contributed by atoms with Crippen LogP contribution in [0.15, 0.2) is 75.5 Å². The average molecular weight is 592 g/mol. The summed E-state index contributed by atoms with van der Waals surface area (Å²) in [5, 5.41) is 0.521. The van der Waals surface area contributed by atoms with Crippen molar-refractivity contribution >= 4 is 22.7 Å². The van der Waals surface area contributed by atoms with Crippen molar-refractivity contribution in [2.24, 2.45) is 4.99 Å². The lowest BCUT2D eigenvalue weighted by molar-refractivity contribution is 0.0419. The van der Waals surface area contributed by atoms with Crippen molar-refractivity contribution in [2.75, 3.05) is 27.3 Å². The van der Waals surface area contributed by atoms with Crippen LogP contribution in [0.25, 0.3) is 0 Å². The first-order valence-corrected chi connectivity index (χ1v) is 15.0. The van der Waals surface area contributed by atoms with Crippen LogP contribution in [0.3, 0.4) is 0 Å². The van der Waals surface area contributed by atoms with Gasteiger partial charge in [-0.1, -0.05) is 61.2 Å². The number of ether oxygens (including phenoxy) is 2. The molecule has 0 spiro atoms. The quantitative estimate of drug-likeness (QED) is 0.202. The summed E-state index contributed by atoms with van der Waals surface area (Å²) in [6.07, 6.45) is 5.18. The Balaban J connectivity index is 1.77. The van der Waals surface area contributed by atoms with Crippen LogP contribution in [0.4, 0.5) is 4.39 Å². The number of hydrogen-bond donors (Lipinski definition) is 0. The van der Waals surface area contributed by atoms with Crippen LogP contribution in [0, 0.1) is 12.7 Å². The fraction of sp³-hybridized carbons (Fsp3) is 0.364. The third-order valence-corrected chi connectivity index (χ3v) is 8.41. The van der Waals surface area contributed by atoms with E-state index in [0.717, 1.165) is 28.0 Å². The lowest BCUT2D eigenvalue weighted by Crippen LogP contribution is -2.51. The molecule has 0 fully saturated rings. The zero-order valence-electron chi connectivity index (χ0n) is 24.9.